The molecule has 12 nitrogen and oxygen atoms in total. The zero-order chi connectivity index (χ0) is 33.4. The number of nitrogens with zero attached hydrogens (tertiary/aromatic N) is 5. The van der Waals surface area contributed by atoms with Gasteiger partial charge in [0, 0.05) is 51.1 Å². The van der Waals surface area contributed by atoms with Gasteiger partial charge in [0.15, 0.2) is 17.3 Å². The molecule has 0 bridgehead atoms. The van der Waals surface area contributed by atoms with Crippen molar-refractivity contribution >= 4 is 17.5 Å². The van der Waals surface area contributed by atoms with Crippen LogP contribution < -0.4 is 29.7 Å². The Kier molecular flexibility index (Phi) is 10.7. The molecule has 2 aromatic carbocycles. The second-order valence-corrected chi connectivity index (χ2v) is 11.8. The number of methoxy groups -OCH3 is 3. The van der Waals surface area contributed by atoms with Crippen molar-refractivity contribution in [2.75, 3.05) is 52.4 Å². The molecular weight excluding hydrogens is 598 g/mol. The fourth-order valence-electron chi connectivity index (χ4n) is 5.81. The molecule has 12 heteroatoms. The van der Waals surface area contributed by atoms with E-state index in [1.807, 2.05) is 53.4 Å². The van der Waals surface area contributed by atoms with Crippen molar-refractivity contribution in [3.05, 3.63) is 84.1 Å². The van der Waals surface area contributed by atoms with Gasteiger partial charge in [-0.25, -0.2) is 9.97 Å². The van der Waals surface area contributed by atoms with Crippen LogP contribution >= 0.6 is 0 Å². The molecule has 4 aromatic rings. The molecule has 1 unspecified atom stereocenters. The maximum absolute atomic E-state index is 14.5. The highest BCUT2D eigenvalue weighted by molar-refractivity contribution is 5.98. The van der Waals surface area contributed by atoms with Crippen molar-refractivity contribution in [1.29, 1.82) is 0 Å². The zero-order valence-electron chi connectivity index (χ0n) is 27.7. The molecule has 0 saturated carbocycles. The number of ketones is 1. The number of imidazole rings is 1. The van der Waals surface area contributed by atoms with E-state index < -0.39 is 5.54 Å². The maximum atomic E-state index is 14.5. The third kappa shape index (κ3) is 7.71. The van der Waals surface area contributed by atoms with Crippen molar-refractivity contribution in [3.8, 4) is 23.2 Å². The molecule has 2 aromatic heterocycles. The van der Waals surface area contributed by atoms with E-state index in [2.05, 4.69) is 29.5 Å². The quantitative estimate of drug-likeness (QED) is 0.211. The number of nitrogens with one attached hydrogen (secondary N) is 2. The summed E-state index contributed by atoms with van der Waals surface area (Å²) in [4.78, 5) is 44.2. The Hall–Kier alpha value is -4.97. The summed E-state index contributed by atoms with van der Waals surface area (Å²) >= 11 is 0. The number of rotatable bonds is 14. The summed E-state index contributed by atoms with van der Waals surface area (Å²) in [5, 5.41) is 6.46. The van der Waals surface area contributed by atoms with Gasteiger partial charge < -0.3 is 29.7 Å². The Bertz CT molecular complexity index is 1660. The van der Waals surface area contributed by atoms with Gasteiger partial charge in [0.25, 0.3) is 0 Å². The Morgan fingerprint density at radius 2 is 1.74 bits per heavy atom. The summed E-state index contributed by atoms with van der Waals surface area (Å²) in [6.07, 6.45) is 5.77. The van der Waals surface area contributed by atoms with Crippen LogP contribution in [0.1, 0.15) is 43.0 Å². The summed E-state index contributed by atoms with van der Waals surface area (Å²) in [6, 6.07) is 15.1. The highest BCUT2D eigenvalue weighted by Gasteiger charge is 2.47. The first kappa shape index (κ1) is 33.4. The molecule has 0 radical (unpaired) electrons. The first-order valence-corrected chi connectivity index (χ1v) is 15.8. The van der Waals surface area contributed by atoms with Crippen LogP contribution in [0.25, 0.3) is 5.95 Å². The lowest BCUT2D eigenvalue weighted by Gasteiger charge is -2.47. The van der Waals surface area contributed by atoms with Gasteiger partial charge in [0.1, 0.15) is 23.4 Å². The number of carbonyl (C=O) groups excluding carboxylic acids is 2. The van der Waals surface area contributed by atoms with Crippen LogP contribution in [-0.4, -0.2) is 84.3 Å². The molecule has 5 rings (SSSR count). The molecule has 2 N–H and O–H groups in total. The van der Waals surface area contributed by atoms with E-state index in [1.54, 1.807) is 44.6 Å². The molecule has 0 spiro atoms. The third-order valence-corrected chi connectivity index (χ3v) is 8.45. The van der Waals surface area contributed by atoms with Crippen molar-refractivity contribution in [1.82, 2.24) is 30.2 Å². The number of aromatic nitrogens is 4. The SMILES string of the molecule is COc1ccc(CC(=O)C2(CC(=O)NCCc3ccc(OC)c(OC)c3)CNCCN2c2cc(C(C)C)nc(-n3ccnc3)n2)cc1. The van der Waals surface area contributed by atoms with Gasteiger partial charge in [0.05, 0.1) is 33.4 Å². The monoisotopic (exact) mass is 641 g/mol. The topological polar surface area (TPSA) is 133 Å². The number of anilines is 1. The van der Waals surface area contributed by atoms with Crippen LogP contribution in [0.2, 0.25) is 0 Å². The Balaban J connectivity index is 1.45. The number of carbonyl (C=O) groups is 2. The average molecular weight is 642 g/mol. The fourth-order valence-corrected chi connectivity index (χ4v) is 5.81. The van der Waals surface area contributed by atoms with Crippen LogP contribution in [0, 0.1) is 0 Å². The highest BCUT2D eigenvalue weighted by atomic mass is 16.5. The number of Topliss-reactive ketones (excluding diaryl/α,β-unsaturated/α-hetero) is 1. The summed E-state index contributed by atoms with van der Waals surface area (Å²) in [5.74, 6) is 2.82. The van der Waals surface area contributed by atoms with Gasteiger partial charge in [-0.3, -0.25) is 14.2 Å². The molecule has 1 fully saturated rings. The van der Waals surface area contributed by atoms with E-state index in [0.29, 0.717) is 55.1 Å². The van der Waals surface area contributed by atoms with E-state index in [4.69, 9.17) is 24.2 Å². The van der Waals surface area contributed by atoms with Crippen LogP contribution in [0.15, 0.2) is 67.3 Å². The minimum absolute atomic E-state index is 0.0532. The van der Waals surface area contributed by atoms with Gasteiger partial charge in [0.2, 0.25) is 11.9 Å². The van der Waals surface area contributed by atoms with E-state index >= 15 is 0 Å². The molecule has 3 heterocycles. The molecule has 1 aliphatic heterocycles. The Morgan fingerprint density at radius 3 is 2.43 bits per heavy atom. The second kappa shape index (κ2) is 15.1. The third-order valence-electron chi connectivity index (χ3n) is 8.45. The summed E-state index contributed by atoms with van der Waals surface area (Å²) in [6.45, 7) is 5.91. The fraction of sp³-hybridized carbons (Fsp3) is 0.400. The normalized spacial score (nSPS) is 16.2. The number of hydrogen-bond donors (Lipinski definition) is 2. The Morgan fingerprint density at radius 1 is 0.979 bits per heavy atom. The number of hydrogen-bond acceptors (Lipinski definition) is 10. The van der Waals surface area contributed by atoms with Crippen LogP contribution in [0.4, 0.5) is 5.82 Å². The number of amides is 1. The lowest BCUT2D eigenvalue weighted by Crippen LogP contribution is -2.67. The lowest BCUT2D eigenvalue weighted by molar-refractivity contribution is -0.130. The Labute approximate surface area is 275 Å². The van der Waals surface area contributed by atoms with Gasteiger partial charge in [-0.15, -0.1) is 0 Å². The minimum Gasteiger partial charge on any atom is -0.497 e. The van der Waals surface area contributed by atoms with Crippen LogP contribution in [-0.2, 0) is 22.4 Å². The molecular formula is C35H43N7O5. The first-order valence-electron chi connectivity index (χ1n) is 15.8. The molecule has 1 amide bonds. The van der Waals surface area contributed by atoms with Crippen LogP contribution in [0.5, 0.6) is 17.2 Å². The molecule has 1 saturated heterocycles. The summed E-state index contributed by atoms with van der Waals surface area (Å²) in [7, 11) is 4.79. The largest absolute Gasteiger partial charge is 0.497 e. The van der Waals surface area contributed by atoms with Crippen molar-refractivity contribution in [2.24, 2.45) is 0 Å². The van der Waals surface area contributed by atoms with E-state index in [1.165, 1.54) is 0 Å². The maximum Gasteiger partial charge on any atom is 0.237 e. The summed E-state index contributed by atoms with van der Waals surface area (Å²) in [5.41, 5.74) is 1.44. The molecule has 1 aliphatic rings. The van der Waals surface area contributed by atoms with Gasteiger partial charge in [-0.1, -0.05) is 32.0 Å². The molecule has 1 atom stereocenters. The predicted molar refractivity (Wildman–Crippen MR) is 179 cm³/mol. The minimum atomic E-state index is -1.21. The highest BCUT2D eigenvalue weighted by Crippen LogP contribution is 2.32. The average Bonchev–Trinajstić information content (AvgIpc) is 3.64. The smallest absolute Gasteiger partial charge is 0.237 e. The van der Waals surface area contributed by atoms with Gasteiger partial charge >= 0.3 is 0 Å². The van der Waals surface area contributed by atoms with Crippen molar-refractivity contribution in [3.63, 3.8) is 0 Å². The molecule has 0 aliphatic carbocycles. The number of piperazine rings is 1. The summed E-state index contributed by atoms with van der Waals surface area (Å²) < 4.78 is 17.8. The zero-order valence-corrected chi connectivity index (χ0v) is 27.7. The number of benzene rings is 2. The van der Waals surface area contributed by atoms with E-state index in [-0.39, 0.29) is 37.0 Å². The van der Waals surface area contributed by atoms with Crippen LogP contribution in [0.3, 0.4) is 0 Å². The number of ether oxygens (including phenoxy) is 3. The van der Waals surface area contributed by atoms with Gasteiger partial charge in [-0.05, 0) is 47.7 Å². The lowest BCUT2D eigenvalue weighted by atomic mass is 9.82. The van der Waals surface area contributed by atoms with E-state index in [9.17, 15) is 9.59 Å². The van der Waals surface area contributed by atoms with Crippen molar-refractivity contribution in [2.45, 2.75) is 44.6 Å². The molecule has 47 heavy (non-hydrogen) atoms. The van der Waals surface area contributed by atoms with Gasteiger partial charge in [-0.2, -0.15) is 4.98 Å². The standard InChI is InChI=1S/C35H43N7O5/c1-24(2)28-20-32(40-34(39-28)41-16-14-37-23-41)42-17-15-36-22-35(42,31(43)19-25-6-9-27(45-3)10-7-25)21-33(44)38-13-12-26-8-11-29(46-4)30(18-26)47-5/h6-11,14,16,18,20,23-24,36H,12-13,15,17,19,21-22H2,1-5H3,(H,38,44). The second-order valence-electron chi connectivity index (χ2n) is 11.8. The predicted octanol–water partition coefficient (Wildman–Crippen LogP) is 3.52. The molecule has 248 valence electrons. The van der Waals surface area contributed by atoms with E-state index in [0.717, 1.165) is 16.8 Å². The van der Waals surface area contributed by atoms with Crippen molar-refractivity contribution < 1.29 is 23.8 Å². The first-order chi connectivity index (χ1) is 22.8.